The molecule has 3 heteroatoms. The van der Waals surface area contributed by atoms with Gasteiger partial charge in [0.1, 0.15) is 5.41 Å². The molecule has 2 rings (SSSR count). The molecule has 0 aromatic carbocycles. The highest BCUT2D eigenvalue weighted by atomic mass is 16.2. The summed E-state index contributed by atoms with van der Waals surface area (Å²) in [4.78, 5) is 14.6. The summed E-state index contributed by atoms with van der Waals surface area (Å²) in [6.07, 6.45) is 5.86. The fourth-order valence-corrected chi connectivity index (χ4v) is 3.25. The van der Waals surface area contributed by atoms with Crippen LogP contribution in [0.4, 0.5) is 0 Å². The molecule has 1 aliphatic carbocycles. The van der Waals surface area contributed by atoms with Crippen molar-refractivity contribution in [3.8, 4) is 6.07 Å². The van der Waals surface area contributed by atoms with Gasteiger partial charge in [0.05, 0.1) is 6.07 Å². The fourth-order valence-electron chi connectivity index (χ4n) is 3.25. The summed E-state index contributed by atoms with van der Waals surface area (Å²) in [5, 5.41) is 9.37. The van der Waals surface area contributed by atoms with Gasteiger partial charge in [-0.3, -0.25) is 4.79 Å². The largest absolute Gasteiger partial charge is 0.338 e. The molecule has 0 aromatic heterocycles. The molecule has 1 saturated carbocycles. The first-order valence-corrected chi connectivity index (χ1v) is 6.83. The van der Waals surface area contributed by atoms with Gasteiger partial charge in [-0.2, -0.15) is 5.26 Å². The second-order valence-corrected chi connectivity index (χ2v) is 5.76. The molecule has 2 fully saturated rings. The number of piperidine rings is 1. The van der Waals surface area contributed by atoms with Gasteiger partial charge in [-0.25, -0.2) is 0 Å². The van der Waals surface area contributed by atoms with Crippen molar-refractivity contribution in [2.75, 3.05) is 6.54 Å². The van der Waals surface area contributed by atoms with E-state index in [0.29, 0.717) is 12.0 Å². The Morgan fingerprint density at radius 3 is 2.53 bits per heavy atom. The molecule has 0 spiro atoms. The van der Waals surface area contributed by atoms with Crippen LogP contribution >= 0.6 is 0 Å². The maximum atomic E-state index is 12.6. The molecule has 0 radical (unpaired) electrons. The molecule has 2 aliphatic rings. The van der Waals surface area contributed by atoms with Gasteiger partial charge in [0.2, 0.25) is 5.91 Å². The van der Waals surface area contributed by atoms with Crippen molar-refractivity contribution in [2.24, 2.45) is 11.3 Å². The molecule has 17 heavy (non-hydrogen) atoms. The lowest BCUT2D eigenvalue weighted by molar-refractivity contribution is -0.143. The Bertz CT molecular complexity index is 339. The smallest absolute Gasteiger partial charge is 0.243 e. The third kappa shape index (κ3) is 2.06. The molecule has 0 N–H and O–H groups in total. The molecule has 3 nitrogen and oxygen atoms in total. The molecule has 0 aromatic rings. The maximum absolute atomic E-state index is 12.6. The minimum absolute atomic E-state index is 0.108. The number of rotatable bonds is 1. The summed E-state index contributed by atoms with van der Waals surface area (Å²) < 4.78 is 0. The van der Waals surface area contributed by atoms with E-state index in [1.165, 1.54) is 6.42 Å². The van der Waals surface area contributed by atoms with E-state index in [1.807, 2.05) is 4.90 Å². The van der Waals surface area contributed by atoms with E-state index < -0.39 is 5.41 Å². The number of hydrogen-bond acceptors (Lipinski definition) is 2. The van der Waals surface area contributed by atoms with Crippen molar-refractivity contribution in [1.82, 2.24) is 4.90 Å². The van der Waals surface area contributed by atoms with E-state index in [4.69, 9.17) is 0 Å². The number of nitrogens with zero attached hydrogens (tertiary/aromatic N) is 2. The van der Waals surface area contributed by atoms with Crippen molar-refractivity contribution in [3.05, 3.63) is 0 Å². The van der Waals surface area contributed by atoms with Gasteiger partial charge in [0, 0.05) is 12.6 Å². The average Bonchev–Trinajstić information content (AvgIpc) is 2.82. The zero-order chi connectivity index (χ0) is 12.5. The van der Waals surface area contributed by atoms with Crippen LogP contribution in [0.15, 0.2) is 0 Å². The lowest BCUT2D eigenvalue weighted by Crippen LogP contribution is -2.51. The predicted octanol–water partition coefficient (Wildman–Crippen LogP) is 2.72. The van der Waals surface area contributed by atoms with Crippen LogP contribution < -0.4 is 0 Å². The van der Waals surface area contributed by atoms with Crippen molar-refractivity contribution >= 4 is 5.91 Å². The van der Waals surface area contributed by atoms with E-state index in [2.05, 4.69) is 19.9 Å². The Morgan fingerprint density at radius 2 is 1.94 bits per heavy atom. The van der Waals surface area contributed by atoms with Crippen LogP contribution in [0, 0.1) is 22.7 Å². The van der Waals surface area contributed by atoms with E-state index in [1.54, 1.807) is 0 Å². The molecule has 0 bridgehead atoms. The molecule has 2 unspecified atom stereocenters. The summed E-state index contributed by atoms with van der Waals surface area (Å²) in [7, 11) is 0. The average molecular weight is 234 g/mol. The first kappa shape index (κ1) is 12.4. The van der Waals surface area contributed by atoms with Gasteiger partial charge in [0.15, 0.2) is 0 Å². The molecular formula is C14H22N2O. The van der Waals surface area contributed by atoms with Gasteiger partial charge >= 0.3 is 0 Å². The zero-order valence-electron chi connectivity index (χ0n) is 10.9. The summed E-state index contributed by atoms with van der Waals surface area (Å²) in [6, 6.07) is 2.61. The van der Waals surface area contributed by atoms with Crippen LogP contribution in [0.5, 0.6) is 0 Å². The first-order valence-electron chi connectivity index (χ1n) is 6.83. The topological polar surface area (TPSA) is 44.1 Å². The van der Waals surface area contributed by atoms with Crippen molar-refractivity contribution in [2.45, 2.75) is 58.4 Å². The summed E-state index contributed by atoms with van der Waals surface area (Å²) in [5.74, 6) is 0.668. The Kier molecular flexibility index (Phi) is 3.42. The van der Waals surface area contributed by atoms with E-state index in [0.717, 1.165) is 38.6 Å². The molecule has 2 atom stereocenters. The molecule has 1 heterocycles. The number of hydrogen-bond donors (Lipinski definition) is 0. The quantitative estimate of drug-likeness (QED) is 0.700. The van der Waals surface area contributed by atoms with Crippen LogP contribution in [0.25, 0.3) is 0 Å². The second kappa shape index (κ2) is 4.68. The van der Waals surface area contributed by atoms with Gasteiger partial charge in [-0.05, 0) is 38.5 Å². The second-order valence-electron chi connectivity index (χ2n) is 5.76. The van der Waals surface area contributed by atoms with E-state index in [-0.39, 0.29) is 5.91 Å². The normalized spacial score (nSPS) is 32.2. The van der Waals surface area contributed by atoms with Gasteiger partial charge in [-0.15, -0.1) is 0 Å². The summed E-state index contributed by atoms with van der Waals surface area (Å²) in [5.41, 5.74) is -0.689. The van der Waals surface area contributed by atoms with E-state index >= 15 is 0 Å². The molecule has 94 valence electrons. The molecule has 1 saturated heterocycles. The highest BCUT2D eigenvalue weighted by molar-refractivity contribution is 5.86. The number of likely N-dealkylation sites (tertiary alicyclic amines) is 1. The van der Waals surface area contributed by atoms with Crippen molar-refractivity contribution in [1.29, 1.82) is 5.26 Å². The van der Waals surface area contributed by atoms with Crippen LogP contribution in [-0.2, 0) is 4.79 Å². The molecular weight excluding hydrogens is 212 g/mol. The van der Waals surface area contributed by atoms with Crippen molar-refractivity contribution < 1.29 is 4.79 Å². The maximum Gasteiger partial charge on any atom is 0.243 e. The van der Waals surface area contributed by atoms with Gasteiger partial charge < -0.3 is 4.90 Å². The van der Waals surface area contributed by atoms with Gasteiger partial charge in [0.25, 0.3) is 0 Å². The molecule has 1 aliphatic heterocycles. The third-order valence-electron chi connectivity index (χ3n) is 4.71. The standard InChI is InChI=1S/C14H22N2O/c1-11-6-5-9-16(12(11)2)13(17)14(10-15)7-3-4-8-14/h11-12H,3-9H2,1-2H3. The number of amides is 1. The Labute approximate surface area is 104 Å². The lowest BCUT2D eigenvalue weighted by Gasteiger charge is -2.41. The zero-order valence-corrected chi connectivity index (χ0v) is 10.9. The summed E-state index contributed by atoms with van der Waals surface area (Å²) in [6.45, 7) is 5.17. The Hall–Kier alpha value is -1.04. The first-order chi connectivity index (χ1) is 8.10. The Balaban J connectivity index is 2.16. The minimum atomic E-state index is -0.689. The van der Waals surface area contributed by atoms with Crippen molar-refractivity contribution in [3.63, 3.8) is 0 Å². The van der Waals surface area contributed by atoms with E-state index in [9.17, 15) is 10.1 Å². The van der Waals surface area contributed by atoms with Crippen LogP contribution in [0.1, 0.15) is 52.4 Å². The van der Waals surface area contributed by atoms with Crippen LogP contribution in [0.2, 0.25) is 0 Å². The van der Waals surface area contributed by atoms with Crippen LogP contribution in [-0.4, -0.2) is 23.4 Å². The number of carbonyl (C=O) groups is 1. The SMILES string of the molecule is CC1CCCN(C(=O)C2(C#N)CCCC2)C1C. The Morgan fingerprint density at radius 1 is 1.29 bits per heavy atom. The number of nitriles is 1. The fraction of sp³-hybridized carbons (Fsp3) is 0.857. The highest BCUT2D eigenvalue weighted by Crippen LogP contribution is 2.40. The van der Waals surface area contributed by atoms with Crippen LogP contribution in [0.3, 0.4) is 0 Å². The molecule has 1 amide bonds. The predicted molar refractivity (Wildman–Crippen MR) is 66.1 cm³/mol. The highest BCUT2D eigenvalue weighted by Gasteiger charge is 2.45. The monoisotopic (exact) mass is 234 g/mol. The minimum Gasteiger partial charge on any atom is -0.338 e. The number of carbonyl (C=O) groups excluding carboxylic acids is 1. The summed E-state index contributed by atoms with van der Waals surface area (Å²) >= 11 is 0. The van der Waals surface area contributed by atoms with Gasteiger partial charge in [-0.1, -0.05) is 19.8 Å². The lowest BCUT2D eigenvalue weighted by atomic mass is 9.83. The third-order valence-corrected chi connectivity index (χ3v) is 4.71.